The number of carbonyl (C=O) groups excluding carboxylic acids is 1. The molecule has 0 aliphatic heterocycles. The van der Waals surface area contributed by atoms with E-state index in [-0.39, 0.29) is 0 Å². The summed E-state index contributed by atoms with van der Waals surface area (Å²) in [5, 5.41) is 0. The van der Waals surface area contributed by atoms with Crippen LogP contribution in [-0.4, -0.2) is 5.78 Å². The van der Waals surface area contributed by atoms with Crippen LogP contribution >= 0.6 is 0 Å². The lowest BCUT2D eigenvalue weighted by molar-refractivity contribution is -0.123. The smallest absolute Gasteiger partial charge is 0.139 e. The Morgan fingerprint density at radius 1 is 1.08 bits per heavy atom. The van der Waals surface area contributed by atoms with Crippen molar-refractivity contribution in [3.8, 4) is 0 Å². The molecule has 2 atom stereocenters. The van der Waals surface area contributed by atoms with Gasteiger partial charge in [-0.05, 0) is 36.8 Å². The third kappa shape index (κ3) is 0.978. The fraction of sp³-hybridized carbons (Fsp3) is 0.545. The normalized spacial score (nSPS) is 31.5. The number of hydrogen-bond donors (Lipinski definition) is 0. The number of Topliss-reactive ketones (excluding diaryl/α,β-unsaturated/α-hetero) is 1. The van der Waals surface area contributed by atoms with Crippen molar-refractivity contribution in [1.29, 1.82) is 0 Å². The standard InChI is InChI=1S/C11H12O2/c12-11-7-1-2-8(11)4-10-6-13-5-9(10)3-7/h5-8H,1-4H2. The van der Waals surface area contributed by atoms with Gasteiger partial charge in [0.15, 0.2) is 0 Å². The predicted octanol–water partition coefficient (Wildman–Crippen LogP) is 1.97. The Bertz CT molecular complexity index is 320. The van der Waals surface area contributed by atoms with Crippen LogP contribution in [0.25, 0.3) is 0 Å². The van der Waals surface area contributed by atoms with Crippen molar-refractivity contribution < 1.29 is 9.21 Å². The van der Waals surface area contributed by atoms with Crippen molar-refractivity contribution >= 4 is 5.78 Å². The Balaban J connectivity index is 2.04. The lowest BCUT2D eigenvalue weighted by atomic mass is 9.97. The first kappa shape index (κ1) is 7.36. The zero-order valence-electron chi connectivity index (χ0n) is 7.45. The van der Waals surface area contributed by atoms with Gasteiger partial charge >= 0.3 is 0 Å². The number of ketones is 1. The molecule has 13 heavy (non-hydrogen) atoms. The Labute approximate surface area is 76.9 Å². The van der Waals surface area contributed by atoms with Crippen molar-refractivity contribution in [3.05, 3.63) is 23.7 Å². The van der Waals surface area contributed by atoms with Gasteiger partial charge in [0, 0.05) is 11.8 Å². The highest BCUT2D eigenvalue weighted by Crippen LogP contribution is 2.37. The van der Waals surface area contributed by atoms with Crippen LogP contribution in [0.3, 0.4) is 0 Å². The van der Waals surface area contributed by atoms with Crippen molar-refractivity contribution in [1.82, 2.24) is 0 Å². The second-order valence-electron chi connectivity index (χ2n) is 4.20. The molecule has 0 N–H and O–H groups in total. The average Bonchev–Trinajstić information content (AvgIpc) is 2.60. The number of hydrogen-bond acceptors (Lipinski definition) is 2. The van der Waals surface area contributed by atoms with E-state index in [1.54, 1.807) is 0 Å². The van der Waals surface area contributed by atoms with Crippen LogP contribution in [0.1, 0.15) is 24.0 Å². The van der Waals surface area contributed by atoms with E-state index >= 15 is 0 Å². The van der Waals surface area contributed by atoms with E-state index < -0.39 is 0 Å². The summed E-state index contributed by atoms with van der Waals surface area (Å²) in [4.78, 5) is 11.7. The van der Waals surface area contributed by atoms with Gasteiger partial charge in [0.25, 0.3) is 0 Å². The Hall–Kier alpha value is -1.05. The SMILES string of the molecule is O=C1C2CCC1Cc1cocc1C2. The van der Waals surface area contributed by atoms with Gasteiger partial charge in [0.05, 0.1) is 12.5 Å². The van der Waals surface area contributed by atoms with Crippen LogP contribution in [0.4, 0.5) is 0 Å². The fourth-order valence-corrected chi connectivity index (χ4v) is 2.66. The second-order valence-corrected chi connectivity index (χ2v) is 4.20. The fourth-order valence-electron chi connectivity index (χ4n) is 2.66. The summed E-state index contributed by atoms with van der Waals surface area (Å²) >= 11 is 0. The minimum atomic E-state index is 0.295. The van der Waals surface area contributed by atoms with Gasteiger partial charge in [0.1, 0.15) is 5.78 Å². The molecule has 0 amide bonds. The van der Waals surface area contributed by atoms with Gasteiger partial charge in [0.2, 0.25) is 0 Å². The first-order valence-electron chi connectivity index (χ1n) is 4.92. The molecule has 1 aromatic rings. The summed E-state index contributed by atoms with van der Waals surface area (Å²) in [5.74, 6) is 1.09. The lowest BCUT2D eigenvalue weighted by Crippen LogP contribution is -2.13. The van der Waals surface area contributed by atoms with Gasteiger partial charge in [-0.2, -0.15) is 0 Å². The maximum Gasteiger partial charge on any atom is 0.139 e. The topological polar surface area (TPSA) is 30.2 Å². The minimum absolute atomic E-state index is 0.295. The molecule has 1 heterocycles. The van der Waals surface area contributed by atoms with Gasteiger partial charge in [-0.15, -0.1) is 0 Å². The zero-order chi connectivity index (χ0) is 8.84. The first-order valence-corrected chi connectivity index (χ1v) is 4.92. The highest BCUT2D eigenvalue weighted by molar-refractivity contribution is 5.86. The number of furan rings is 1. The summed E-state index contributed by atoms with van der Waals surface area (Å²) in [6.07, 6.45) is 7.64. The molecule has 2 heteroatoms. The van der Waals surface area contributed by atoms with Crippen molar-refractivity contribution in [2.45, 2.75) is 25.7 Å². The van der Waals surface area contributed by atoms with E-state index in [2.05, 4.69) is 0 Å². The van der Waals surface area contributed by atoms with E-state index in [1.807, 2.05) is 12.5 Å². The third-order valence-corrected chi connectivity index (χ3v) is 3.43. The number of rotatable bonds is 0. The molecular weight excluding hydrogens is 164 g/mol. The van der Waals surface area contributed by atoms with Gasteiger partial charge in [-0.1, -0.05) is 0 Å². The Kier molecular flexibility index (Phi) is 1.40. The van der Waals surface area contributed by atoms with Crippen molar-refractivity contribution in [3.63, 3.8) is 0 Å². The van der Waals surface area contributed by atoms with E-state index in [1.165, 1.54) is 11.1 Å². The maximum absolute atomic E-state index is 11.7. The molecule has 3 rings (SSSR count). The number of fused-ring (bicyclic) bond motifs is 3. The Morgan fingerprint density at radius 2 is 1.62 bits per heavy atom. The summed E-state index contributed by atoms with van der Waals surface area (Å²) in [5.41, 5.74) is 2.53. The highest BCUT2D eigenvalue weighted by Gasteiger charge is 2.37. The molecule has 2 aliphatic rings. The molecule has 2 bridgehead atoms. The van der Waals surface area contributed by atoms with Crippen LogP contribution in [0.2, 0.25) is 0 Å². The van der Waals surface area contributed by atoms with E-state index in [0.717, 1.165) is 25.7 Å². The molecule has 2 aliphatic carbocycles. The Morgan fingerprint density at radius 3 is 2.15 bits per heavy atom. The molecule has 1 saturated carbocycles. The average molecular weight is 176 g/mol. The lowest BCUT2D eigenvalue weighted by Gasteiger charge is -2.04. The molecule has 68 valence electrons. The van der Waals surface area contributed by atoms with Crippen LogP contribution in [0.15, 0.2) is 16.9 Å². The van der Waals surface area contributed by atoms with Crippen LogP contribution in [-0.2, 0) is 17.6 Å². The monoisotopic (exact) mass is 176 g/mol. The second kappa shape index (κ2) is 2.47. The molecule has 1 aromatic heterocycles. The molecular formula is C11H12O2. The highest BCUT2D eigenvalue weighted by atomic mass is 16.3. The van der Waals surface area contributed by atoms with Gasteiger partial charge in [-0.3, -0.25) is 4.79 Å². The molecule has 0 spiro atoms. The molecule has 2 unspecified atom stereocenters. The van der Waals surface area contributed by atoms with Crippen molar-refractivity contribution in [2.75, 3.05) is 0 Å². The van der Waals surface area contributed by atoms with Crippen LogP contribution < -0.4 is 0 Å². The molecule has 2 nitrogen and oxygen atoms in total. The summed E-state index contributed by atoms with van der Waals surface area (Å²) in [6.45, 7) is 0. The van der Waals surface area contributed by atoms with Crippen LogP contribution in [0, 0.1) is 11.8 Å². The predicted molar refractivity (Wildman–Crippen MR) is 47.3 cm³/mol. The summed E-state index contributed by atoms with van der Waals surface area (Å²) < 4.78 is 5.17. The van der Waals surface area contributed by atoms with E-state index in [9.17, 15) is 4.79 Å². The summed E-state index contributed by atoms with van der Waals surface area (Å²) in [6, 6.07) is 0. The molecule has 1 fully saturated rings. The van der Waals surface area contributed by atoms with Crippen LogP contribution in [0.5, 0.6) is 0 Å². The largest absolute Gasteiger partial charge is 0.472 e. The molecule has 0 radical (unpaired) electrons. The first-order chi connectivity index (χ1) is 6.34. The van der Waals surface area contributed by atoms with Crippen molar-refractivity contribution in [2.24, 2.45) is 11.8 Å². The minimum Gasteiger partial charge on any atom is -0.472 e. The summed E-state index contributed by atoms with van der Waals surface area (Å²) in [7, 11) is 0. The van der Waals surface area contributed by atoms with Gasteiger partial charge < -0.3 is 4.42 Å². The zero-order valence-corrected chi connectivity index (χ0v) is 7.45. The van der Waals surface area contributed by atoms with E-state index in [0.29, 0.717) is 17.6 Å². The maximum atomic E-state index is 11.7. The molecule has 0 saturated heterocycles. The third-order valence-electron chi connectivity index (χ3n) is 3.43. The quantitative estimate of drug-likeness (QED) is 0.605. The van der Waals surface area contributed by atoms with E-state index in [4.69, 9.17) is 4.42 Å². The van der Waals surface area contributed by atoms with Gasteiger partial charge in [-0.25, -0.2) is 0 Å². The molecule has 0 aromatic carbocycles. The number of carbonyl (C=O) groups is 1.